The van der Waals surface area contributed by atoms with Crippen molar-refractivity contribution in [2.24, 2.45) is 11.8 Å². The van der Waals surface area contributed by atoms with Crippen molar-refractivity contribution in [1.29, 1.82) is 0 Å². The molecule has 2 unspecified atom stereocenters. The van der Waals surface area contributed by atoms with Crippen LogP contribution in [0.2, 0.25) is 0 Å². The summed E-state index contributed by atoms with van der Waals surface area (Å²) in [6.07, 6.45) is 4.98. The molecule has 1 amide bonds. The molecule has 0 aliphatic carbocycles. The van der Waals surface area contributed by atoms with Crippen LogP contribution in [0.5, 0.6) is 0 Å². The molecule has 164 valence electrons. The van der Waals surface area contributed by atoms with Gasteiger partial charge in [-0.2, -0.15) is 4.31 Å². The van der Waals surface area contributed by atoms with E-state index in [4.69, 9.17) is 4.42 Å². The highest BCUT2D eigenvalue weighted by atomic mass is 32.2. The largest absolute Gasteiger partial charge is 0.455 e. The monoisotopic (exact) mass is 425 g/mol. The van der Waals surface area contributed by atoms with E-state index in [1.165, 1.54) is 16.8 Å². The summed E-state index contributed by atoms with van der Waals surface area (Å²) >= 11 is 0. The minimum absolute atomic E-state index is 0.0685. The zero-order valence-corrected chi connectivity index (χ0v) is 18.8. The molecule has 2 atom stereocenters. The molecular weight excluding hydrogens is 390 g/mol. The zero-order valence-electron chi connectivity index (χ0n) is 17.9. The molecule has 1 aromatic rings. The van der Waals surface area contributed by atoms with Gasteiger partial charge in [0.25, 0.3) is 5.91 Å². The van der Waals surface area contributed by atoms with Crippen LogP contribution in [-0.2, 0) is 10.0 Å². The summed E-state index contributed by atoms with van der Waals surface area (Å²) in [5.74, 6) is 1.50. The molecular formula is C21H35N3O4S. The summed E-state index contributed by atoms with van der Waals surface area (Å²) in [4.78, 5) is 15.0. The molecule has 3 heterocycles. The highest BCUT2D eigenvalue weighted by Crippen LogP contribution is 2.26. The molecule has 8 heteroatoms. The number of unbranched alkanes of at least 4 members (excludes halogenated alkanes) is 1. The van der Waals surface area contributed by atoms with Gasteiger partial charge in [0.05, 0.1) is 0 Å². The number of hydrogen-bond acceptors (Lipinski definition) is 5. The number of piperidine rings is 1. The topological polar surface area (TPSA) is 82.9 Å². The number of aryl methyl sites for hydroxylation is 1. The average molecular weight is 426 g/mol. The molecule has 0 aromatic carbocycles. The molecule has 0 radical (unpaired) electrons. The van der Waals surface area contributed by atoms with Crippen LogP contribution in [0, 0.1) is 18.8 Å². The number of carbonyl (C=O) groups excluding carboxylic acids is 1. The number of sulfonamides is 1. The molecule has 2 aliphatic rings. The SMILES string of the molecule is Cc1oc(C(=O)NCCCCN2CC(C)CC(C)C2)cc1S(=O)(=O)N1CCCC1. The van der Waals surface area contributed by atoms with E-state index in [2.05, 4.69) is 24.1 Å². The molecule has 29 heavy (non-hydrogen) atoms. The van der Waals surface area contributed by atoms with Crippen molar-refractivity contribution in [3.8, 4) is 0 Å². The highest BCUT2D eigenvalue weighted by Gasteiger charge is 2.31. The molecule has 1 N–H and O–H groups in total. The molecule has 2 aliphatic heterocycles. The van der Waals surface area contributed by atoms with E-state index in [1.807, 2.05) is 0 Å². The molecule has 1 aromatic heterocycles. The van der Waals surface area contributed by atoms with Crippen LogP contribution in [0.1, 0.15) is 62.3 Å². The van der Waals surface area contributed by atoms with E-state index in [9.17, 15) is 13.2 Å². The van der Waals surface area contributed by atoms with Crippen molar-refractivity contribution in [2.75, 3.05) is 39.3 Å². The van der Waals surface area contributed by atoms with E-state index in [0.717, 1.165) is 57.2 Å². The quantitative estimate of drug-likeness (QED) is 0.648. The number of nitrogens with zero attached hydrogens (tertiary/aromatic N) is 2. The van der Waals surface area contributed by atoms with Crippen LogP contribution in [-0.4, -0.2) is 62.8 Å². The predicted octanol–water partition coefficient (Wildman–Crippen LogP) is 2.86. The second-order valence-corrected chi connectivity index (χ2v) is 10.7. The van der Waals surface area contributed by atoms with Crippen molar-refractivity contribution < 1.29 is 17.6 Å². The molecule has 0 spiro atoms. The summed E-state index contributed by atoms with van der Waals surface area (Å²) in [5, 5.41) is 2.86. The maximum Gasteiger partial charge on any atom is 0.287 e. The van der Waals surface area contributed by atoms with Crippen molar-refractivity contribution in [3.63, 3.8) is 0 Å². The molecule has 0 saturated carbocycles. The number of furan rings is 1. The third-order valence-corrected chi connectivity index (χ3v) is 7.92. The molecule has 2 saturated heterocycles. The number of likely N-dealkylation sites (tertiary alicyclic amines) is 1. The number of amides is 1. The van der Waals surface area contributed by atoms with E-state index in [-0.39, 0.29) is 22.3 Å². The lowest BCUT2D eigenvalue weighted by atomic mass is 9.92. The lowest BCUT2D eigenvalue weighted by Gasteiger charge is -2.34. The minimum Gasteiger partial charge on any atom is -0.455 e. The third kappa shape index (κ3) is 5.61. The zero-order chi connectivity index (χ0) is 21.0. The van der Waals surface area contributed by atoms with Gasteiger partial charge in [-0.1, -0.05) is 13.8 Å². The van der Waals surface area contributed by atoms with Crippen LogP contribution in [0.15, 0.2) is 15.4 Å². The third-order valence-electron chi connectivity index (χ3n) is 5.91. The summed E-state index contributed by atoms with van der Waals surface area (Å²) in [6.45, 7) is 11.2. The van der Waals surface area contributed by atoms with Crippen LogP contribution >= 0.6 is 0 Å². The second kappa shape index (κ2) is 9.62. The van der Waals surface area contributed by atoms with Crippen LogP contribution in [0.3, 0.4) is 0 Å². The van der Waals surface area contributed by atoms with E-state index in [0.29, 0.717) is 19.6 Å². The van der Waals surface area contributed by atoms with Gasteiger partial charge in [-0.3, -0.25) is 4.79 Å². The fourth-order valence-corrected chi connectivity index (χ4v) is 6.30. The number of rotatable bonds is 8. The van der Waals surface area contributed by atoms with Gasteiger partial charge in [0, 0.05) is 38.8 Å². The summed E-state index contributed by atoms with van der Waals surface area (Å²) in [7, 11) is -3.58. The Hall–Kier alpha value is -1.38. The Morgan fingerprint density at radius 2 is 1.83 bits per heavy atom. The van der Waals surface area contributed by atoms with Gasteiger partial charge in [0.15, 0.2) is 5.76 Å². The van der Waals surface area contributed by atoms with E-state index < -0.39 is 10.0 Å². The normalized spacial score (nSPS) is 24.1. The van der Waals surface area contributed by atoms with Crippen molar-refractivity contribution in [1.82, 2.24) is 14.5 Å². The first-order valence-corrected chi connectivity index (χ1v) is 12.3. The lowest BCUT2D eigenvalue weighted by molar-refractivity contribution is 0.0922. The van der Waals surface area contributed by atoms with Gasteiger partial charge in [0.2, 0.25) is 10.0 Å². The van der Waals surface area contributed by atoms with Gasteiger partial charge in [0.1, 0.15) is 10.7 Å². The Morgan fingerprint density at radius 3 is 2.48 bits per heavy atom. The standard InChI is InChI=1S/C21H35N3O4S/c1-16-12-17(2)15-23(14-16)9-5-4-8-22-21(25)19-13-20(18(3)28-19)29(26,27)24-10-6-7-11-24/h13,16-17H,4-12,14-15H2,1-3H3,(H,22,25). The fraction of sp³-hybridized carbons (Fsp3) is 0.762. The summed E-state index contributed by atoms with van der Waals surface area (Å²) in [5.41, 5.74) is 0. The predicted molar refractivity (Wildman–Crippen MR) is 112 cm³/mol. The fourth-order valence-electron chi connectivity index (χ4n) is 4.63. The maximum absolute atomic E-state index is 12.7. The van der Waals surface area contributed by atoms with Crippen molar-refractivity contribution >= 4 is 15.9 Å². The number of carbonyl (C=O) groups is 1. The van der Waals surface area contributed by atoms with E-state index >= 15 is 0 Å². The van der Waals surface area contributed by atoms with E-state index in [1.54, 1.807) is 6.92 Å². The molecule has 0 bridgehead atoms. The van der Waals surface area contributed by atoms with Crippen LogP contribution < -0.4 is 5.32 Å². The van der Waals surface area contributed by atoms with Crippen molar-refractivity contribution in [2.45, 2.75) is 57.8 Å². The van der Waals surface area contributed by atoms with Gasteiger partial charge in [-0.25, -0.2) is 8.42 Å². The Morgan fingerprint density at radius 1 is 1.17 bits per heavy atom. The van der Waals surface area contributed by atoms with Crippen LogP contribution in [0.4, 0.5) is 0 Å². The summed E-state index contributed by atoms with van der Waals surface area (Å²) < 4.78 is 32.4. The Labute approximate surface area is 174 Å². The lowest BCUT2D eigenvalue weighted by Crippen LogP contribution is -2.39. The second-order valence-electron chi connectivity index (χ2n) is 8.81. The number of nitrogens with one attached hydrogen (secondary N) is 1. The number of hydrogen-bond donors (Lipinski definition) is 1. The molecule has 7 nitrogen and oxygen atoms in total. The Bertz CT molecular complexity index is 789. The highest BCUT2D eigenvalue weighted by molar-refractivity contribution is 7.89. The summed E-state index contributed by atoms with van der Waals surface area (Å²) in [6, 6.07) is 1.37. The Kier molecular flexibility index (Phi) is 7.40. The first-order valence-electron chi connectivity index (χ1n) is 10.9. The van der Waals surface area contributed by atoms with Gasteiger partial charge in [-0.05, 0) is 57.4 Å². The smallest absolute Gasteiger partial charge is 0.287 e. The van der Waals surface area contributed by atoms with Crippen LogP contribution in [0.25, 0.3) is 0 Å². The maximum atomic E-state index is 12.7. The first-order chi connectivity index (χ1) is 13.8. The van der Waals surface area contributed by atoms with Gasteiger partial charge < -0.3 is 14.6 Å². The van der Waals surface area contributed by atoms with Gasteiger partial charge in [-0.15, -0.1) is 0 Å². The average Bonchev–Trinajstić information content (AvgIpc) is 3.31. The Balaban J connectivity index is 1.45. The first kappa shape index (κ1) is 22.3. The molecule has 2 fully saturated rings. The van der Waals surface area contributed by atoms with Crippen molar-refractivity contribution in [3.05, 3.63) is 17.6 Å². The van der Waals surface area contributed by atoms with Gasteiger partial charge >= 0.3 is 0 Å². The minimum atomic E-state index is -3.58. The molecule has 3 rings (SSSR count).